The molecule has 1 heterocycles. The molecule has 0 bridgehead atoms. The third-order valence-electron chi connectivity index (χ3n) is 2.71. The maximum Gasteiger partial charge on any atom is 0.181 e. The lowest BCUT2D eigenvalue weighted by Crippen LogP contribution is -2.16. The van der Waals surface area contributed by atoms with E-state index in [9.17, 15) is 0 Å². The predicted molar refractivity (Wildman–Crippen MR) is 47.0 cm³/mol. The van der Waals surface area contributed by atoms with Crippen molar-refractivity contribution in [3.63, 3.8) is 0 Å². The Morgan fingerprint density at radius 1 is 1.50 bits per heavy atom. The molecule has 1 aromatic rings. The SMILES string of the molecule is CC(C)(C)C1CCc2ocnc21. The Labute approximate surface area is 73.0 Å². The minimum atomic E-state index is 0.322. The molecule has 1 aliphatic rings. The molecule has 0 fully saturated rings. The van der Waals surface area contributed by atoms with E-state index in [1.54, 1.807) is 6.39 Å². The lowest BCUT2D eigenvalue weighted by Gasteiger charge is -2.25. The third kappa shape index (κ3) is 1.06. The van der Waals surface area contributed by atoms with Crippen molar-refractivity contribution in [2.75, 3.05) is 0 Å². The van der Waals surface area contributed by atoms with Gasteiger partial charge in [0, 0.05) is 12.3 Å². The molecular formula is C10H15NO. The Morgan fingerprint density at radius 2 is 2.25 bits per heavy atom. The molecular weight excluding hydrogens is 150 g/mol. The van der Waals surface area contributed by atoms with Gasteiger partial charge in [-0.1, -0.05) is 20.8 Å². The summed E-state index contributed by atoms with van der Waals surface area (Å²) in [4.78, 5) is 4.28. The van der Waals surface area contributed by atoms with E-state index < -0.39 is 0 Å². The fraction of sp³-hybridized carbons (Fsp3) is 0.700. The molecule has 1 unspecified atom stereocenters. The first kappa shape index (κ1) is 7.84. The van der Waals surface area contributed by atoms with Gasteiger partial charge in [0.1, 0.15) is 5.76 Å². The fourth-order valence-electron chi connectivity index (χ4n) is 2.01. The van der Waals surface area contributed by atoms with E-state index >= 15 is 0 Å². The molecule has 2 nitrogen and oxygen atoms in total. The van der Waals surface area contributed by atoms with Gasteiger partial charge in [-0.3, -0.25) is 0 Å². The maximum atomic E-state index is 5.29. The number of aromatic nitrogens is 1. The van der Waals surface area contributed by atoms with Gasteiger partial charge in [-0.05, 0) is 11.8 Å². The molecule has 0 saturated carbocycles. The van der Waals surface area contributed by atoms with Crippen LogP contribution in [0.4, 0.5) is 0 Å². The number of aryl methyl sites for hydroxylation is 1. The Bertz CT molecular complexity index is 282. The fourth-order valence-corrected chi connectivity index (χ4v) is 2.01. The molecule has 1 aliphatic carbocycles. The highest BCUT2D eigenvalue weighted by Crippen LogP contribution is 2.43. The highest BCUT2D eigenvalue weighted by atomic mass is 16.3. The molecule has 66 valence electrons. The van der Waals surface area contributed by atoms with Crippen LogP contribution in [0.25, 0.3) is 0 Å². The lowest BCUT2D eigenvalue weighted by atomic mass is 9.79. The van der Waals surface area contributed by atoms with Gasteiger partial charge in [0.05, 0.1) is 5.69 Å². The summed E-state index contributed by atoms with van der Waals surface area (Å²) in [6.07, 6.45) is 3.84. The summed E-state index contributed by atoms with van der Waals surface area (Å²) in [5, 5.41) is 0. The van der Waals surface area contributed by atoms with Crippen molar-refractivity contribution in [2.45, 2.75) is 39.5 Å². The zero-order chi connectivity index (χ0) is 8.77. The summed E-state index contributed by atoms with van der Waals surface area (Å²) in [7, 11) is 0. The summed E-state index contributed by atoms with van der Waals surface area (Å²) in [5.74, 6) is 1.70. The monoisotopic (exact) mass is 165 g/mol. The molecule has 0 N–H and O–H groups in total. The summed E-state index contributed by atoms with van der Waals surface area (Å²) >= 11 is 0. The minimum Gasteiger partial charge on any atom is -0.448 e. The smallest absolute Gasteiger partial charge is 0.181 e. The van der Waals surface area contributed by atoms with Crippen LogP contribution < -0.4 is 0 Å². The topological polar surface area (TPSA) is 26.0 Å². The third-order valence-corrected chi connectivity index (χ3v) is 2.71. The molecule has 0 aromatic carbocycles. The second kappa shape index (κ2) is 2.35. The van der Waals surface area contributed by atoms with E-state index in [2.05, 4.69) is 25.8 Å². The van der Waals surface area contributed by atoms with Crippen molar-refractivity contribution in [3.05, 3.63) is 17.8 Å². The van der Waals surface area contributed by atoms with Crippen LogP contribution in [0, 0.1) is 5.41 Å². The zero-order valence-corrected chi connectivity index (χ0v) is 7.92. The van der Waals surface area contributed by atoms with Crippen molar-refractivity contribution in [1.29, 1.82) is 0 Å². The van der Waals surface area contributed by atoms with Gasteiger partial charge >= 0.3 is 0 Å². The minimum absolute atomic E-state index is 0.322. The van der Waals surface area contributed by atoms with Crippen LogP contribution >= 0.6 is 0 Å². The van der Waals surface area contributed by atoms with Gasteiger partial charge in [0.25, 0.3) is 0 Å². The van der Waals surface area contributed by atoms with Gasteiger partial charge in [-0.2, -0.15) is 0 Å². The van der Waals surface area contributed by atoms with Crippen LogP contribution in [-0.4, -0.2) is 4.98 Å². The first-order valence-electron chi connectivity index (χ1n) is 4.51. The van der Waals surface area contributed by atoms with Crippen LogP contribution in [0.5, 0.6) is 0 Å². The van der Waals surface area contributed by atoms with Crippen molar-refractivity contribution < 1.29 is 4.42 Å². The van der Waals surface area contributed by atoms with Crippen molar-refractivity contribution >= 4 is 0 Å². The second-order valence-corrected chi connectivity index (χ2v) is 4.62. The maximum absolute atomic E-state index is 5.29. The Kier molecular flexibility index (Phi) is 1.53. The largest absolute Gasteiger partial charge is 0.448 e. The summed E-state index contributed by atoms with van der Waals surface area (Å²) in [5.41, 5.74) is 1.52. The van der Waals surface area contributed by atoms with Gasteiger partial charge in [-0.25, -0.2) is 4.98 Å². The van der Waals surface area contributed by atoms with Gasteiger partial charge in [0.15, 0.2) is 6.39 Å². The van der Waals surface area contributed by atoms with Gasteiger partial charge in [-0.15, -0.1) is 0 Å². The zero-order valence-electron chi connectivity index (χ0n) is 7.92. The number of hydrogen-bond donors (Lipinski definition) is 0. The lowest BCUT2D eigenvalue weighted by molar-refractivity contribution is 0.314. The number of rotatable bonds is 0. The van der Waals surface area contributed by atoms with E-state index in [1.807, 2.05) is 0 Å². The van der Waals surface area contributed by atoms with Crippen LogP contribution in [0.2, 0.25) is 0 Å². The molecule has 0 aliphatic heterocycles. The predicted octanol–water partition coefficient (Wildman–Crippen LogP) is 2.75. The summed E-state index contributed by atoms with van der Waals surface area (Å²) in [6.45, 7) is 6.80. The first-order chi connectivity index (χ1) is 5.59. The number of fused-ring (bicyclic) bond motifs is 1. The number of oxazole rings is 1. The average Bonchev–Trinajstić information content (AvgIpc) is 2.37. The highest BCUT2D eigenvalue weighted by Gasteiger charge is 2.35. The second-order valence-electron chi connectivity index (χ2n) is 4.62. The molecule has 0 saturated heterocycles. The molecule has 2 rings (SSSR count). The van der Waals surface area contributed by atoms with Crippen molar-refractivity contribution in [1.82, 2.24) is 4.98 Å². The molecule has 12 heavy (non-hydrogen) atoms. The van der Waals surface area contributed by atoms with Crippen molar-refractivity contribution in [3.8, 4) is 0 Å². The average molecular weight is 165 g/mol. The molecule has 1 atom stereocenters. The van der Waals surface area contributed by atoms with Gasteiger partial charge < -0.3 is 4.42 Å². The van der Waals surface area contributed by atoms with E-state index in [0.717, 1.165) is 12.2 Å². The van der Waals surface area contributed by atoms with E-state index in [1.165, 1.54) is 12.1 Å². The normalized spacial score (nSPS) is 22.8. The van der Waals surface area contributed by atoms with E-state index in [-0.39, 0.29) is 0 Å². The Morgan fingerprint density at radius 3 is 2.92 bits per heavy atom. The standard InChI is InChI=1S/C10H15NO/c1-10(2,3)7-4-5-8-9(7)11-6-12-8/h6-7H,4-5H2,1-3H3. The Hall–Kier alpha value is -0.790. The Balaban J connectivity index is 2.34. The molecule has 0 spiro atoms. The first-order valence-corrected chi connectivity index (χ1v) is 4.51. The number of hydrogen-bond acceptors (Lipinski definition) is 2. The van der Waals surface area contributed by atoms with Gasteiger partial charge in [0.2, 0.25) is 0 Å². The highest BCUT2D eigenvalue weighted by molar-refractivity contribution is 5.21. The van der Waals surface area contributed by atoms with Crippen LogP contribution in [0.3, 0.4) is 0 Å². The number of nitrogens with zero attached hydrogens (tertiary/aromatic N) is 1. The van der Waals surface area contributed by atoms with E-state index in [4.69, 9.17) is 4.42 Å². The summed E-state index contributed by atoms with van der Waals surface area (Å²) in [6, 6.07) is 0. The van der Waals surface area contributed by atoms with Crippen LogP contribution in [0.15, 0.2) is 10.8 Å². The molecule has 0 amide bonds. The van der Waals surface area contributed by atoms with Crippen LogP contribution in [0.1, 0.15) is 44.6 Å². The molecule has 1 aromatic heterocycles. The summed E-state index contributed by atoms with van der Waals surface area (Å²) < 4.78 is 5.29. The molecule has 2 heteroatoms. The van der Waals surface area contributed by atoms with Crippen LogP contribution in [-0.2, 0) is 6.42 Å². The van der Waals surface area contributed by atoms with Crippen molar-refractivity contribution in [2.24, 2.45) is 5.41 Å². The quantitative estimate of drug-likeness (QED) is 0.590. The van der Waals surface area contributed by atoms with E-state index in [0.29, 0.717) is 11.3 Å². The molecule has 0 radical (unpaired) electrons.